The molecule has 0 saturated heterocycles. The number of rotatable bonds is 3. The molecule has 0 bridgehead atoms. The van der Waals surface area contributed by atoms with Crippen LogP contribution in [0, 0.1) is 11.8 Å². The monoisotopic (exact) mass is 294 g/mol. The normalized spacial score (nSPS) is 27.0. The third-order valence-corrected chi connectivity index (χ3v) is 6.10. The van der Waals surface area contributed by atoms with Gasteiger partial charge in [-0.15, -0.1) is 0 Å². The van der Waals surface area contributed by atoms with Crippen molar-refractivity contribution in [1.29, 1.82) is 0 Å². The van der Waals surface area contributed by atoms with E-state index in [1.807, 2.05) is 12.5 Å². The molecule has 0 N–H and O–H groups in total. The van der Waals surface area contributed by atoms with Crippen LogP contribution in [0.25, 0.3) is 0 Å². The standard InChI is InChI=1S/C20H26N2/c1-15(2)20-8-4-7-17-5-3-6-18(19(17)20)11-16(12-20)13-22-10-9-21-14-22/h3,5-6,9-10,14-16H,4,7-8,11-13H2,1-2H3. The SMILES string of the molecule is CC(C)C12CCCc3cccc(c31)CC(Cn1ccnc1)C2. The van der Waals surface area contributed by atoms with E-state index in [9.17, 15) is 0 Å². The summed E-state index contributed by atoms with van der Waals surface area (Å²) in [7, 11) is 0. The summed E-state index contributed by atoms with van der Waals surface area (Å²) in [6.45, 7) is 5.98. The molecular weight excluding hydrogens is 268 g/mol. The summed E-state index contributed by atoms with van der Waals surface area (Å²) >= 11 is 0. The smallest absolute Gasteiger partial charge is 0.0945 e. The van der Waals surface area contributed by atoms with Crippen LogP contribution in [0.3, 0.4) is 0 Å². The van der Waals surface area contributed by atoms with Gasteiger partial charge in [0.25, 0.3) is 0 Å². The number of hydrogen-bond acceptors (Lipinski definition) is 1. The number of imidazole rings is 1. The molecule has 0 saturated carbocycles. The average molecular weight is 294 g/mol. The Morgan fingerprint density at radius 3 is 2.95 bits per heavy atom. The molecular formula is C20H26N2. The number of nitrogens with zero attached hydrogens (tertiary/aromatic N) is 2. The minimum absolute atomic E-state index is 0.410. The van der Waals surface area contributed by atoms with Gasteiger partial charge in [0, 0.05) is 18.9 Å². The summed E-state index contributed by atoms with van der Waals surface area (Å²) in [5, 5.41) is 0. The number of aryl methyl sites for hydroxylation is 1. The van der Waals surface area contributed by atoms with E-state index in [1.54, 1.807) is 16.7 Å². The van der Waals surface area contributed by atoms with Crippen LogP contribution in [0.4, 0.5) is 0 Å². The maximum Gasteiger partial charge on any atom is 0.0945 e. The van der Waals surface area contributed by atoms with Crippen LogP contribution in [0.15, 0.2) is 36.9 Å². The fourth-order valence-electron chi connectivity index (χ4n) is 5.13. The summed E-state index contributed by atoms with van der Waals surface area (Å²) in [5.74, 6) is 1.45. The first kappa shape index (κ1) is 14.0. The van der Waals surface area contributed by atoms with Crippen molar-refractivity contribution in [3.63, 3.8) is 0 Å². The van der Waals surface area contributed by atoms with Gasteiger partial charge in [-0.3, -0.25) is 0 Å². The van der Waals surface area contributed by atoms with Crippen LogP contribution in [-0.2, 0) is 24.8 Å². The van der Waals surface area contributed by atoms with E-state index in [2.05, 4.69) is 47.8 Å². The van der Waals surface area contributed by atoms with Crippen LogP contribution >= 0.6 is 0 Å². The van der Waals surface area contributed by atoms with E-state index in [1.165, 1.54) is 32.1 Å². The van der Waals surface area contributed by atoms with Gasteiger partial charge in [-0.05, 0) is 66.0 Å². The quantitative estimate of drug-likeness (QED) is 0.821. The zero-order chi connectivity index (χ0) is 15.2. The average Bonchev–Trinajstić information content (AvgIpc) is 3.00. The molecule has 2 unspecified atom stereocenters. The van der Waals surface area contributed by atoms with Gasteiger partial charge in [0.15, 0.2) is 0 Å². The van der Waals surface area contributed by atoms with Gasteiger partial charge < -0.3 is 4.57 Å². The van der Waals surface area contributed by atoms with Crippen molar-refractivity contribution in [2.24, 2.45) is 11.8 Å². The third-order valence-electron chi connectivity index (χ3n) is 6.10. The van der Waals surface area contributed by atoms with Gasteiger partial charge >= 0.3 is 0 Å². The van der Waals surface area contributed by atoms with Crippen LogP contribution in [-0.4, -0.2) is 9.55 Å². The minimum Gasteiger partial charge on any atom is -0.337 e. The van der Waals surface area contributed by atoms with Crippen molar-refractivity contribution in [2.75, 3.05) is 0 Å². The van der Waals surface area contributed by atoms with Gasteiger partial charge in [-0.2, -0.15) is 0 Å². The summed E-state index contributed by atoms with van der Waals surface area (Å²) in [6, 6.07) is 7.05. The summed E-state index contributed by atoms with van der Waals surface area (Å²) in [5.41, 5.74) is 5.41. The molecule has 1 aromatic carbocycles. The van der Waals surface area contributed by atoms with Crippen molar-refractivity contribution in [3.05, 3.63) is 53.6 Å². The number of hydrogen-bond donors (Lipinski definition) is 0. The van der Waals surface area contributed by atoms with E-state index in [0.717, 1.165) is 18.4 Å². The summed E-state index contributed by atoms with van der Waals surface area (Å²) < 4.78 is 2.26. The zero-order valence-corrected chi connectivity index (χ0v) is 13.8. The fourth-order valence-corrected chi connectivity index (χ4v) is 5.13. The predicted octanol–water partition coefficient (Wildman–Crippen LogP) is 4.38. The van der Waals surface area contributed by atoms with E-state index in [0.29, 0.717) is 5.41 Å². The Morgan fingerprint density at radius 1 is 1.32 bits per heavy atom. The van der Waals surface area contributed by atoms with Crippen molar-refractivity contribution >= 4 is 0 Å². The second-order valence-corrected chi connectivity index (χ2v) is 7.65. The maximum absolute atomic E-state index is 4.21. The first-order chi connectivity index (χ1) is 10.7. The summed E-state index contributed by atoms with van der Waals surface area (Å²) in [4.78, 5) is 4.21. The molecule has 0 aliphatic heterocycles. The van der Waals surface area contributed by atoms with Gasteiger partial charge in [0.2, 0.25) is 0 Å². The highest BCUT2D eigenvalue weighted by molar-refractivity contribution is 5.46. The second-order valence-electron chi connectivity index (χ2n) is 7.65. The Labute approximate surface area is 133 Å². The molecule has 2 atom stereocenters. The van der Waals surface area contributed by atoms with Crippen LogP contribution < -0.4 is 0 Å². The number of benzene rings is 1. The molecule has 1 aromatic heterocycles. The molecule has 2 aromatic rings. The first-order valence-corrected chi connectivity index (χ1v) is 8.76. The lowest BCUT2D eigenvalue weighted by Crippen LogP contribution is -2.43. The zero-order valence-electron chi connectivity index (χ0n) is 13.8. The highest BCUT2D eigenvalue weighted by Gasteiger charge is 2.45. The Balaban J connectivity index is 1.75. The molecule has 22 heavy (non-hydrogen) atoms. The molecule has 0 amide bonds. The Bertz CT molecular complexity index is 656. The van der Waals surface area contributed by atoms with Crippen molar-refractivity contribution in [2.45, 2.75) is 57.9 Å². The van der Waals surface area contributed by atoms with Gasteiger partial charge in [0.05, 0.1) is 6.33 Å². The van der Waals surface area contributed by atoms with Gasteiger partial charge in [-0.1, -0.05) is 32.0 Å². The summed E-state index contributed by atoms with van der Waals surface area (Å²) in [6.07, 6.45) is 12.5. The van der Waals surface area contributed by atoms with Crippen LogP contribution in [0.5, 0.6) is 0 Å². The highest BCUT2D eigenvalue weighted by atomic mass is 15.0. The molecule has 116 valence electrons. The maximum atomic E-state index is 4.21. The Morgan fingerprint density at radius 2 is 2.18 bits per heavy atom. The lowest BCUT2D eigenvalue weighted by molar-refractivity contribution is 0.175. The minimum atomic E-state index is 0.410. The fraction of sp³-hybridized carbons (Fsp3) is 0.550. The van der Waals surface area contributed by atoms with Crippen LogP contribution in [0.2, 0.25) is 0 Å². The van der Waals surface area contributed by atoms with E-state index >= 15 is 0 Å². The lowest BCUT2D eigenvalue weighted by Gasteiger charge is -2.49. The van der Waals surface area contributed by atoms with Gasteiger partial charge in [0.1, 0.15) is 0 Å². The molecule has 2 heteroatoms. The van der Waals surface area contributed by atoms with Crippen molar-refractivity contribution in [3.8, 4) is 0 Å². The van der Waals surface area contributed by atoms with Crippen LogP contribution in [0.1, 0.15) is 49.8 Å². The topological polar surface area (TPSA) is 17.8 Å². The molecule has 0 radical (unpaired) electrons. The Hall–Kier alpha value is -1.57. The number of aromatic nitrogens is 2. The molecule has 2 aliphatic rings. The van der Waals surface area contributed by atoms with E-state index in [4.69, 9.17) is 0 Å². The molecule has 0 spiro atoms. The molecule has 4 rings (SSSR count). The molecule has 1 heterocycles. The first-order valence-electron chi connectivity index (χ1n) is 8.76. The molecule has 2 nitrogen and oxygen atoms in total. The van der Waals surface area contributed by atoms with E-state index < -0.39 is 0 Å². The molecule has 0 fully saturated rings. The third kappa shape index (κ3) is 2.12. The Kier molecular flexibility index (Phi) is 3.36. The highest BCUT2D eigenvalue weighted by Crippen LogP contribution is 2.52. The van der Waals surface area contributed by atoms with Crippen molar-refractivity contribution < 1.29 is 0 Å². The predicted molar refractivity (Wildman–Crippen MR) is 89.9 cm³/mol. The largest absolute Gasteiger partial charge is 0.337 e. The molecule has 2 aliphatic carbocycles. The van der Waals surface area contributed by atoms with Crippen molar-refractivity contribution in [1.82, 2.24) is 9.55 Å². The lowest BCUT2D eigenvalue weighted by atomic mass is 9.55. The second kappa shape index (κ2) is 5.26. The van der Waals surface area contributed by atoms with E-state index in [-0.39, 0.29) is 0 Å². The van der Waals surface area contributed by atoms with Gasteiger partial charge in [-0.25, -0.2) is 4.98 Å².